The fraction of sp³-hybridized carbons (Fsp3) is 0.200. The van der Waals surface area contributed by atoms with Crippen LogP contribution in [-0.4, -0.2) is 17.0 Å². The zero-order valence-electron chi connectivity index (χ0n) is 10.5. The lowest BCUT2D eigenvalue weighted by Gasteiger charge is -2.11. The molecule has 0 fully saturated rings. The van der Waals surface area contributed by atoms with Gasteiger partial charge in [0.05, 0.1) is 10.6 Å². The molecule has 0 aliphatic carbocycles. The van der Waals surface area contributed by atoms with Gasteiger partial charge in [0.25, 0.3) is 0 Å². The third kappa shape index (κ3) is 4.77. The molecule has 0 amide bonds. The van der Waals surface area contributed by atoms with Crippen LogP contribution in [-0.2, 0) is 6.42 Å². The summed E-state index contributed by atoms with van der Waals surface area (Å²) >= 11 is 10.5. The number of halogens is 3. The smallest absolute Gasteiger partial charge is 0.137 e. The minimum absolute atomic E-state index is 0.293. The van der Waals surface area contributed by atoms with Crippen LogP contribution in [0.1, 0.15) is 5.56 Å². The number of aliphatic hydroxyl groups excluding tert-OH is 1. The third-order valence-electron chi connectivity index (χ3n) is 2.71. The van der Waals surface area contributed by atoms with Gasteiger partial charge in [-0.05, 0) is 64.3 Å². The van der Waals surface area contributed by atoms with Crippen molar-refractivity contribution in [2.24, 2.45) is 0 Å². The second-order valence-electron chi connectivity index (χ2n) is 4.37. The van der Waals surface area contributed by atoms with E-state index in [1.54, 1.807) is 23.9 Å². The van der Waals surface area contributed by atoms with Gasteiger partial charge in [-0.15, -0.1) is 11.8 Å². The molecule has 1 nitrogen and oxygen atoms in total. The Morgan fingerprint density at radius 1 is 1.20 bits per heavy atom. The van der Waals surface area contributed by atoms with E-state index in [0.717, 1.165) is 10.5 Å². The van der Waals surface area contributed by atoms with Gasteiger partial charge in [-0.25, -0.2) is 4.39 Å². The van der Waals surface area contributed by atoms with Gasteiger partial charge in [-0.3, -0.25) is 0 Å². The van der Waals surface area contributed by atoms with E-state index in [0.29, 0.717) is 21.7 Å². The maximum Gasteiger partial charge on any atom is 0.137 e. The average molecular weight is 376 g/mol. The van der Waals surface area contributed by atoms with Crippen LogP contribution in [0.2, 0.25) is 5.02 Å². The van der Waals surface area contributed by atoms with Crippen LogP contribution >= 0.6 is 39.3 Å². The fourth-order valence-electron chi connectivity index (χ4n) is 1.72. The third-order valence-corrected chi connectivity index (χ3v) is 4.73. The summed E-state index contributed by atoms with van der Waals surface area (Å²) in [7, 11) is 0. The molecule has 0 spiro atoms. The normalized spacial score (nSPS) is 12.4. The summed E-state index contributed by atoms with van der Waals surface area (Å²) in [6.07, 6.45) is 0.0208. The first-order chi connectivity index (χ1) is 9.54. The van der Waals surface area contributed by atoms with Gasteiger partial charge in [0.15, 0.2) is 0 Å². The molecule has 2 rings (SSSR count). The highest BCUT2D eigenvalue weighted by atomic mass is 79.9. The Bertz CT molecular complexity index is 577. The maximum absolute atomic E-state index is 13.1. The van der Waals surface area contributed by atoms with E-state index in [1.807, 2.05) is 24.3 Å². The highest BCUT2D eigenvalue weighted by molar-refractivity contribution is 9.10. The summed E-state index contributed by atoms with van der Waals surface area (Å²) in [5.41, 5.74) is 0.905. The highest BCUT2D eigenvalue weighted by Gasteiger charge is 2.08. The predicted octanol–water partition coefficient (Wildman–Crippen LogP) is 4.94. The zero-order valence-corrected chi connectivity index (χ0v) is 13.7. The van der Waals surface area contributed by atoms with Crippen molar-refractivity contribution in [1.82, 2.24) is 0 Å². The summed E-state index contributed by atoms with van der Waals surface area (Å²) in [4.78, 5) is 1.06. The molecule has 2 aromatic rings. The van der Waals surface area contributed by atoms with Gasteiger partial charge in [0.2, 0.25) is 0 Å². The Hall–Kier alpha value is -0.550. The highest BCUT2D eigenvalue weighted by Crippen LogP contribution is 2.23. The van der Waals surface area contributed by atoms with E-state index < -0.39 is 6.10 Å². The monoisotopic (exact) mass is 374 g/mol. The Morgan fingerprint density at radius 3 is 2.55 bits per heavy atom. The Morgan fingerprint density at radius 2 is 1.90 bits per heavy atom. The van der Waals surface area contributed by atoms with Crippen LogP contribution in [0.25, 0.3) is 0 Å². The number of hydrogen-bond donors (Lipinski definition) is 1. The molecule has 106 valence electrons. The van der Waals surface area contributed by atoms with Crippen LogP contribution in [0.15, 0.2) is 51.8 Å². The summed E-state index contributed by atoms with van der Waals surface area (Å²) in [5, 5.41) is 10.7. The fourth-order valence-corrected chi connectivity index (χ4v) is 3.10. The minimum Gasteiger partial charge on any atom is -0.392 e. The van der Waals surface area contributed by atoms with Crippen molar-refractivity contribution >= 4 is 39.3 Å². The van der Waals surface area contributed by atoms with Crippen molar-refractivity contribution < 1.29 is 9.50 Å². The van der Waals surface area contributed by atoms with E-state index in [4.69, 9.17) is 11.6 Å². The quantitative estimate of drug-likeness (QED) is 0.747. The molecular weight excluding hydrogens is 363 g/mol. The first-order valence-corrected chi connectivity index (χ1v) is 8.20. The van der Waals surface area contributed by atoms with Crippen molar-refractivity contribution in [1.29, 1.82) is 0 Å². The summed E-state index contributed by atoms with van der Waals surface area (Å²) in [5.74, 6) is 0.287. The molecule has 0 heterocycles. The van der Waals surface area contributed by atoms with Crippen molar-refractivity contribution in [2.75, 3.05) is 5.75 Å². The van der Waals surface area contributed by atoms with Gasteiger partial charge >= 0.3 is 0 Å². The summed E-state index contributed by atoms with van der Waals surface area (Å²) in [6.45, 7) is 0. The van der Waals surface area contributed by atoms with Crippen LogP contribution < -0.4 is 0 Å². The molecule has 1 atom stereocenters. The lowest BCUT2D eigenvalue weighted by Crippen LogP contribution is -2.13. The summed E-state index contributed by atoms with van der Waals surface area (Å²) in [6, 6.07) is 12.3. The number of rotatable bonds is 5. The van der Waals surface area contributed by atoms with E-state index in [-0.39, 0.29) is 5.82 Å². The van der Waals surface area contributed by atoms with Crippen LogP contribution in [0.5, 0.6) is 0 Å². The molecule has 0 aliphatic heterocycles. The number of benzene rings is 2. The van der Waals surface area contributed by atoms with Gasteiger partial charge < -0.3 is 5.11 Å². The molecule has 0 radical (unpaired) electrons. The topological polar surface area (TPSA) is 20.2 Å². The first-order valence-electron chi connectivity index (χ1n) is 6.05. The zero-order chi connectivity index (χ0) is 14.5. The Balaban J connectivity index is 1.87. The molecule has 5 heteroatoms. The standard InChI is InChI=1S/C15H13BrClFOS/c16-14-8-10(1-6-15(14)18)7-12(19)9-20-13-4-2-11(17)3-5-13/h1-6,8,12,19H,7,9H2. The summed E-state index contributed by atoms with van der Waals surface area (Å²) < 4.78 is 13.5. The molecule has 2 aromatic carbocycles. The van der Waals surface area contributed by atoms with E-state index in [2.05, 4.69) is 15.9 Å². The molecule has 0 saturated heterocycles. The predicted molar refractivity (Wildman–Crippen MR) is 86.0 cm³/mol. The second-order valence-corrected chi connectivity index (χ2v) is 6.76. The molecule has 1 N–H and O–H groups in total. The van der Waals surface area contributed by atoms with Crippen LogP contribution in [0.3, 0.4) is 0 Å². The molecule has 1 unspecified atom stereocenters. The molecule has 0 bridgehead atoms. The largest absolute Gasteiger partial charge is 0.392 e. The van der Waals surface area contributed by atoms with Crippen molar-refractivity contribution in [3.63, 3.8) is 0 Å². The van der Waals surface area contributed by atoms with Crippen LogP contribution in [0, 0.1) is 5.82 Å². The van der Waals surface area contributed by atoms with Crippen molar-refractivity contribution in [2.45, 2.75) is 17.4 Å². The van der Waals surface area contributed by atoms with E-state index in [9.17, 15) is 9.50 Å². The first kappa shape index (κ1) is 15.8. The van der Waals surface area contributed by atoms with Gasteiger partial charge in [-0.1, -0.05) is 17.7 Å². The van der Waals surface area contributed by atoms with E-state index >= 15 is 0 Å². The lowest BCUT2D eigenvalue weighted by molar-refractivity contribution is 0.200. The second kappa shape index (κ2) is 7.46. The van der Waals surface area contributed by atoms with Crippen molar-refractivity contribution in [3.8, 4) is 0 Å². The molecule has 0 aliphatic rings. The molecule has 0 aromatic heterocycles. The SMILES string of the molecule is OC(CSc1ccc(Cl)cc1)Cc1ccc(F)c(Br)c1. The van der Waals surface area contributed by atoms with Crippen LogP contribution in [0.4, 0.5) is 4.39 Å². The lowest BCUT2D eigenvalue weighted by atomic mass is 10.1. The maximum atomic E-state index is 13.1. The molecular formula is C15H13BrClFOS. The number of aliphatic hydroxyl groups is 1. The van der Waals surface area contributed by atoms with Gasteiger partial charge in [0.1, 0.15) is 5.82 Å². The molecule has 0 saturated carbocycles. The van der Waals surface area contributed by atoms with E-state index in [1.165, 1.54) is 6.07 Å². The van der Waals surface area contributed by atoms with Gasteiger partial charge in [-0.2, -0.15) is 0 Å². The van der Waals surface area contributed by atoms with Gasteiger partial charge in [0, 0.05) is 15.7 Å². The Labute approximate surface area is 135 Å². The number of thioether (sulfide) groups is 1. The van der Waals surface area contributed by atoms with Crippen molar-refractivity contribution in [3.05, 3.63) is 63.3 Å². The average Bonchev–Trinajstić information content (AvgIpc) is 2.42. The minimum atomic E-state index is -0.479. The Kier molecular flexibility index (Phi) is 5.90. The molecule has 20 heavy (non-hydrogen) atoms. The number of hydrogen-bond acceptors (Lipinski definition) is 2.